The van der Waals surface area contributed by atoms with Crippen LogP contribution in [0.5, 0.6) is 5.75 Å². The summed E-state index contributed by atoms with van der Waals surface area (Å²) in [6.07, 6.45) is 5.91. The summed E-state index contributed by atoms with van der Waals surface area (Å²) in [6, 6.07) is 5.35. The first-order chi connectivity index (χ1) is 16.9. The predicted molar refractivity (Wildman–Crippen MR) is 140 cm³/mol. The Labute approximate surface area is 216 Å². The van der Waals surface area contributed by atoms with E-state index >= 15 is 0 Å². The number of nitrogens with zero attached hydrogens (tertiary/aromatic N) is 1. The van der Waals surface area contributed by atoms with E-state index in [2.05, 4.69) is 24.5 Å². The van der Waals surface area contributed by atoms with Crippen LogP contribution in [0, 0.1) is 5.92 Å². The van der Waals surface area contributed by atoms with Crippen molar-refractivity contribution < 1.29 is 24.2 Å². The molecule has 0 aromatic heterocycles. The first-order valence-corrected chi connectivity index (χ1v) is 13.2. The van der Waals surface area contributed by atoms with Crippen molar-refractivity contribution in [3.05, 3.63) is 29.8 Å². The third-order valence-electron chi connectivity index (χ3n) is 6.42. The van der Waals surface area contributed by atoms with Crippen molar-refractivity contribution >= 4 is 17.9 Å². The molecule has 2 atom stereocenters. The van der Waals surface area contributed by atoms with E-state index in [1.54, 1.807) is 39.0 Å². The van der Waals surface area contributed by atoms with Crippen molar-refractivity contribution in [1.82, 2.24) is 15.5 Å². The second kappa shape index (κ2) is 13.5. The van der Waals surface area contributed by atoms with Crippen LogP contribution >= 0.6 is 0 Å². The number of hydrogen-bond acceptors (Lipinski definition) is 5. The minimum atomic E-state index is -1.02. The van der Waals surface area contributed by atoms with Gasteiger partial charge in [0.05, 0.1) is 0 Å². The number of benzene rings is 1. The molecule has 1 aliphatic carbocycles. The molecule has 36 heavy (non-hydrogen) atoms. The molecule has 1 aliphatic rings. The van der Waals surface area contributed by atoms with Crippen molar-refractivity contribution in [2.75, 3.05) is 6.54 Å². The van der Waals surface area contributed by atoms with Crippen LogP contribution in [0.1, 0.15) is 98.1 Å². The number of phenols is 1. The molecule has 0 spiro atoms. The lowest BCUT2D eigenvalue weighted by Gasteiger charge is -2.38. The van der Waals surface area contributed by atoms with Gasteiger partial charge in [-0.05, 0) is 65.4 Å². The molecule has 1 saturated carbocycles. The number of nitrogens with one attached hydrogen (secondary N) is 2. The molecule has 0 heterocycles. The van der Waals surface area contributed by atoms with Crippen molar-refractivity contribution in [2.45, 2.75) is 110 Å². The fraction of sp³-hybridized carbons (Fsp3) is 0.679. The van der Waals surface area contributed by atoms with Crippen molar-refractivity contribution in [1.29, 1.82) is 0 Å². The van der Waals surface area contributed by atoms with E-state index in [1.807, 2.05) is 6.92 Å². The van der Waals surface area contributed by atoms with Gasteiger partial charge < -0.3 is 25.4 Å². The minimum absolute atomic E-state index is 0.0439. The zero-order valence-electron chi connectivity index (χ0n) is 22.8. The molecule has 3 N–H and O–H groups in total. The quantitative estimate of drug-likeness (QED) is 0.414. The number of amides is 3. The first-order valence-electron chi connectivity index (χ1n) is 13.2. The number of ether oxygens (including phenoxy) is 1. The lowest BCUT2D eigenvalue weighted by molar-refractivity contribution is -0.143. The molecule has 1 aromatic carbocycles. The van der Waals surface area contributed by atoms with Gasteiger partial charge >= 0.3 is 6.09 Å². The Hall–Kier alpha value is -2.77. The van der Waals surface area contributed by atoms with Crippen LogP contribution in [-0.4, -0.2) is 52.1 Å². The van der Waals surface area contributed by atoms with Gasteiger partial charge in [-0.3, -0.25) is 9.59 Å². The second-order valence-corrected chi connectivity index (χ2v) is 11.3. The standard InChI is InChI=1S/C28H45N3O5/c1-19(2)16-17-20(3)31(24(33)18-29-27(35)36-28(4,5)6)25(22-14-10-11-15-23(22)32)26(34)30-21-12-8-7-9-13-21/h10-11,14-15,19-21,25,32H,7-9,12-13,16-18H2,1-6H3,(H,29,35)(H,30,34). The van der Waals surface area contributed by atoms with Gasteiger partial charge in [-0.25, -0.2) is 4.79 Å². The van der Waals surface area contributed by atoms with Crippen LogP contribution in [0.4, 0.5) is 4.79 Å². The second-order valence-electron chi connectivity index (χ2n) is 11.3. The maximum atomic E-state index is 13.8. The van der Waals surface area contributed by atoms with Gasteiger partial charge in [0.1, 0.15) is 23.9 Å². The van der Waals surface area contributed by atoms with Gasteiger partial charge in [-0.15, -0.1) is 0 Å². The summed E-state index contributed by atoms with van der Waals surface area (Å²) in [5.41, 5.74) is -0.330. The molecule has 202 valence electrons. The molecule has 1 fully saturated rings. The monoisotopic (exact) mass is 503 g/mol. The van der Waals surface area contributed by atoms with E-state index in [9.17, 15) is 19.5 Å². The van der Waals surface area contributed by atoms with Gasteiger partial charge in [0, 0.05) is 17.6 Å². The maximum Gasteiger partial charge on any atom is 0.408 e. The Balaban J connectivity index is 2.37. The number of carbonyl (C=O) groups excluding carboxylic acids is 3. The van der Waals surface area contributed by atoms with Crippen LogP contribution in [0.2, 0.25) is 0 Å². The average molecular weight is 504 g/mol. The molecule has 2 unspecified atom stereocenters. The van der Waals surface area contributed by atoms with Crippen LogP contribution in [-0.2, 0) is 14.3 Å². The van der Waals surface area contributed by atoms with E-state index in [-0.39, 0.29) is 30.3 Å². The molecule has 8 heteroatoms. The fourth-order valence-electron chi connectivity index (χ4n) is 4.57. The van der Waals surface area contributed by atoms with Gasteiger partial charge in [-0.2, -0.15) is 0 Å². The molecule has 0 aliphatic heterocycles. The largest absolute Gasteiger partial charge is 0.508 e. The highest BCUT2D eigenvalue weighted by atomic mass is 16.6. The van der Waals surface area contributed by atoms with Gasteiger partial charge in [-0.1, -0.05) is 51.3 Å². The van der Waals surface area contributed by atoms with Gasteiger partial charge in [0.2, 0.25) is 11.8 Å². The molecule has 1 aromatic rings. The van der Waals surface area contributed by atoms with Gasteiger partial charge in [0.15, 0.2) is 0 Å². The molecule has 0 saturated heterocycles. The Morgan fingerprint density at radius 1 is 1.06 bits per heavy atom. The van der Waals surface area contributed by atoms with Crippen molar-refractivity contribution in [2.24, 2.45) is 5.92 Å². The topological polar surface area (TPSA) is 108 Å². The lowest BCUT2D eigenvalue weighted by Crippen LogP contribution is -2.52. The summed E-state index contributed by atoms with van der Waals surface area (Å²) in [4.78, 5) is 41.1. The predicted octanol–water partition coefficient (Wildman–Crippen LogP) is 5.06. The summed E-state index contributed by atoms with van der Waals surface area (Å²) < 4.78 is 5.28. The molecule has 8 nitrogen and oxygen atoms in total. The normalized spacial score (nSPS) is 16.2. The molecular formula is C28H45N3O5. The molecule has 3 amide bonds. The molecule has 0 bridgehead atoms. The Kier molecular flexibility index (Phi) is 11.1. The average Bonchev–Trinajstić information content (AvgIpc) is 2.79. The SMILES string of the molecule is CC(C)CCC(C)N(C(=O)CNC(=O)OC(C)(C)C)C(C(=O)NC1CCCCC1)c1ccccc1O. The number of phenolic OH excluding ortho intramolecular Hbond substituents is 1. The van der Waals surface area contributed by atoms with Crippen LogP contribution in [0.3, 0.4) is 0 Å². The highest BCUT2D eigenvalue weighted by molar-refractivity contribution is 5.91. The number of rotatable bonds is 10. The number of para-hydroxylation sites is 1. The zero-order valence-corrected chi connectivity index (χ0v) is 22.8. The lowest BCUT2D eigenvalue weighted by atomic mass is 9.94. The number of carbonyl (C=O) groups is 3. The summed E-state index contributed by atoms with van der Waals surface area (Å²) >= 11 is 0. The maximum absolute atomic E-state index is 13.8. The molecule has 2 rings (SSSR count). The van der Waals surface area contributed by atoms with Crippen LogP contribution in [0.15, 0.2) is 24.3 Å². The van der Waals surface area contributed by atoms with Crippen molar-refractivity contribution in [3.8, 4) is 5.75 Å². The number of alkyl carbamates (subject to hydrolysis) is 1. The van der Waals surface area contributed by atoms with Crippen molar-refractivity contribution in [3.63, 3.8) is 0 Å². The number of hydrogen-bond donors (Lipinski definition) is 3. The zero-order chi connectivity index (χ0) is 26.9. The Morgan fingerprint density at radius 3 is 2.28 bits per heavy atom. The number of aromatic hydroxyl groups is 1. The van der Waals surface area contributed by atoms with E-state index in [0.29, 0.717) is 17.9 Å². The highest BCUT2D eigenvalue weighted by Crippen LogP contribution is 2.32. The summed E-state index contributed by atoms with van der Waals surface area (Å²) in [5, 5.41) is 16.4. The molecular weight excluding hydrogens is 458 g/mol. The fourth-order valence-corrected chi connectivity index (χ4v) is 4.57. The summed E-state index contributed by atoms with van der Waals surface area (Å²) in [6.45, 7) is 11.1. The van der Waals surface area contributed by atoms with Gasteiger partial charge in [0.25, 0.3) is 0 Å². The summed E-state index contributed by atoms with van der Waals surface area (Å²) in [5.74, 6) is -0.353. The van der Waals surface area contributed by atoms with E-state index in [0.717, 1.165) is 38.5 Å². The minimum Gasteiger partial charge on any atom is -0.508 e. The molecule has 0 radical (unpaired) electrons. The third-order valence-corrected chi connectivity index (χ3v) is 6.42. The van der Waals surface area contributed by atoms with Crippen LogP contribution < -0.4 is 10.6 Å². The van der Waals surface area contributed by atoms with Crippen LogP contribution in [0.25, 0.3) is 0 Å². The smallest absolute Gasteiger partial charge is 0.408 e. The third kappa shape index (κ3) is 9.36. The van der Waals surface area contributed by atoms with E-state index < -0.39 is 23.6 Å². The van der Waals surface area contributed by atoms with E-state index in [1.165, 1.54) is 11.0 Å². The first kappa shape index (κ1) is 29.5. The Bertz CT molecular complexity index is 874. The Morgan fingerprint density at radius 2 is 1.69 bits per heavy atom. The van der Waals surface area contributed by atoms with E-state index in [4.69, 9.17) is 4.74 Å². The summed E-state index contributed by atoms with van der Waals surface area (Å²) in [7, 11) is 0. The highest BCUT2D eigenvalue weighted by Gasteiger charge is 2.37.